The maximum absolute atomic E-state index is 12.2. The van der Waals surface area contributed by atoms with Gasteiger partial charge in [0.15, 0.2) is 0 Å². The van der Waals surface area contributed by atoms with E-state index in [4.69, 9.17) is 61.6 Å². The van der Waals surface area contributed by atoms with Crippen LogP contribution in [0.4, 0.5) is 11.6 Å². The summed E-state index contributed by atoms with van der Waals surface area (Å²) in [4.78, 5) is 52.2. The molecule has 9 atom stereocenters. The van der Waals surface area contributed by atoms with Crippen molar-refractivity contribution in [2.24, 2.45) is 53.1 Å². The summed E-state index contributed by atoms with van der Waals surface area (Å²) in [7, 11) is 0. The van der Waals surface area contributed by atoms with Crippen molar-refractivity contribution in [2.45, 2.75) is 110 Å². The molecule has 6 fully saturated rings. The molecule has 6 heterocycles. The van der Waals surface area contributed by atoms with Crippen molar-refractivity contribution in [3.05, 3.63) is 57.8 Å². The summed E-state index contributed by atoms with van der Waals surface area (Å²) < 4.78 is 10.9. The van der Waals surface area contributed by atoms with E-state index in [2.05, 4.69) is 45.0 Å². The average molecular weight is 951 g/mol. The number of carbonyl (C=O) groups excluding carboxylic acids is 2. The number of nitrogens with one attached hydrogen (secondary N) is 1. The van der Waals surface area contributed by atoms with E-state index in [1.165, 1.54) is 63.6 Å². The Labute approximate surface area is 392 Å². The third-order valence-corrected chi connectivity index (χ3v) is 13.8. The molecule has 346 valence electrons. The fourth-order valence-electron chi connectivity index (χ4n) is 10.3. The van der Waals surface area contributed by atoms with Crippen LogP contribution in [-0.4, -0.2) is 98.4 Å². The third-order valence-electron chi connectivity index (χ3n) is 13.0. The molecule has 3 aliphatic heterocycles. The highest BCUT2D eigenvalue weighted by Gasteiger charge is 2.44. The van der Waals surface area contributed by atoms with E-state index in [9.17, 15) is 9.59 Å². The van der Waals surface area contributed by atoms with Crippen molar-refractivity contribution in [3.8, 4) is 0 Å². The zero-order valence-electron chi connectivity index (χ0n) is 37.4. The van der Waals surface area contributed by atoms with Crippen molar-refractivity contribution in [1.82, 2.24) is 35.2 Å². The lowest BCUT2D eigenvalue weighted by molar-refractivity contribution is -0.158. The van der Waals surface area contributed by atoms with Crippen molar-refractivity contribution >= 4 is 70.0 Å². The SMILES string of the molecule is CC(C)(C)OC(=O)CC1[C@@H]2CC[C@H]1CN(c1cc(Cl)ncn1)C2.CC(C)(C)OC(=O)CC1[C@@H]2CC[C@H]1CNC2.Clc1cc(Cl)ncn1.NC1[C@@H]2CC[C@H]1CN(c1cc(Cl)ncn1)C2. The quantitative estimate of drug-likeness (QED) is 0.178. The monoisotopic (exact) mass is 948 g/mol. The predicted octanol–water partition coefficient (Wildman–Crippen LogP) is 8.37. The maximum atomic E-state index is 12.2. The third kappa shape index (κ3) is 14.7. The number of carbonyl (C=O) groups is 2. The Balaban J connectivity index is 0.000000147. The first kappa shape index (κ1) is 49.3. The Morgan fingerprint density at radius 2 is 0.905 bits per heavy atom. The molecule has 9 rings (SSSR count). The normalized spacial score (nSPS) is 28.1. The second-order valence-electron chi connectivity index (χ2n) is 19.8. The highest BCUT2D eigenvalue weighted by molar-refractivity contribution is 6.33. The van der Waals surface area contributed by atoms with Crippen LogP contribution in [0.5, 0.6) is 0 Å². The summed E-state index contributed by atoms with van der Waals surface area (Å²) in [6.45, 7) is 17.6. The molecule has 3 aromatic rings. The summed E-state index contributed by atoms with van der Waals surface area (Å²) >= 11 is 22.7. The van der Waals surface area contributed by atoms with Crippen molar-refractivity contribution < 1.29 is 19.1 Å². The van der Waals surface area contributed by atoms with Crippen LogP contribution >= 0.6 is 46.4 Å². The van der Waals surface area contributed by atoms with Crippen molar-refractivity contribution in [1.29, 1.82) is 0 Å². The van der Waals surface area contributed by atoms with Gasteiger partial charge >= 0.3 is 11.9 Å². The highest BCUT2D eigenvalue weighted by atomic mass is 35.5. The molecular weight excluding hydrogens is 886 g/mol. The van der Waals surface area contributed by atoms with Gasteiger partial charge in [-0.2, -0.15) is 0 Å². The van der Waals surface area contributed by atoms with Crippen LogP contribution in [-0.2, 0) is 19.1 Å². The standard InChI is InChI=1S/C17H24ClN3O2.C13H23NO2.C11H15ClN4.C4H2Cl2N2/c1-17(2,3)23-16(22)6-13-11-4-5-12(13)9-21(8-11)15-7-14(18)19-10-20-15;1-13(2,3)16-12(15)6-11-9-4-5-10(11)8-14-7-9;12-9-3-10(15-6-14-9)16-4-7-1-2-8(5-16)11(7)13;5-3-1-4(6)8-2-7-3/h7,10-13H,4-6,8-9H2,1-3H3;9-11,14H,4-8H2,1-3H3;3,6-8,11H,1-2,4-5,13H2;1-2H/t11-,12+,13?;9-,10+,11?;7-,8+,11?;. The van der Waals surface area contributed by atoms with Crippen LogP contribution in [0.15, 0.2) is 37.2 Å². The summed E-state index contributed by atoms with van der Waals surface area (Å²) in [5, 5.41) is 5.15. The van der Waals surface area contributed by atoms with Gasteiger partial charge in [-0.3, -0.25) is 9.59 Å². The lowest BCUT2D eigenvalue weighted by Crippen LogP contribution is -2.49. The zero-order valence-corrected chi connectivity index (χ0v) is 40.4. The van der Waals surface area contributed by atoms with Gasteiger partial charge in [-0.1, -0.05) is 46.4 Å². The molecule has 0 aromatic carbocycles. The van der Waals surface area contributed by atoms with E-state index in [1.54, 1.807) is 0 Å². The maximum Gasteiger partial charge on any atom is 0.306 e. The van der Waals surface area contributed by atoms with Crippen LogP contribution < -0.4 is 20.9 Å². The van der Waals surface area contributed by atoms with E-state index < -0.39 is 5.60 Å². The first-order valence-corrected chi connectivity index (χ1v) is 23.8. The Bertz CT molecular complexity index is 1930. The van der Waals surface area contributed by atoms with Crippen LogP contribution in [0.3, 0.4) is 0 Å². The minimum absolute atomic E-state index is 0.0173. The van der Waals surface area contributed by atoms with Crippen molar-refractivity contribution in [3.63, 3.8) is 0 Å². The molecule has 14 nitrogen and oxygen atoms in total. The molecule has 6 aliphatic rings. The van der Waals surface area contributed by atoms with Gasteiger partial charge in [0.25, 0.3) is 0 Å². The van der Waals surface area contributed by atoms with E-state index in [0.717, 1.165) is 50.9 Å². The Morgan fingerprint density at radius 1 is 0.571 bits per heavy atom. The highest BCUT2D eigenvalue weighted by Crippen LogP contribution is 2.45. The fourth-order valence-corrected chi connectivity index (χ4v) is 10.9. The number of anilines is 2. The summed E-state index contributed by atoms with van der Waals surface area (Å²) in [5.41, 5.74) is 5.42. The minimum Gasteiger partial charge on any atom is -0.460 e. The Morgan fingerprint density at radius 3 is 1.27 bits per heavy atom. The minimum atomic E-state index is -0.408. The topological polar surface area (TPSA) is 174 Å². The molecule has 6 bridgehead atoms. The second-order valence-corrected chi connectivity index (χ2v) is 21.4. The van der Waals surface area contributed by atoms with Gasteiger partial charge in [0.2, 0.25) is 0 Å². The van der Waals surface area contributed by atoms with E-state index >= 15 is 0 Å². The largest absolute Gasteiger partial charge is 0.460 e. The molecule has 0 amide bonds. The van der Waals surface area contributed by atoms with E-state index in [1.807, 2.05) is 53.7 Å². The number of halogens is 4. The fraction of sp³-hybridized carbons (Fsp3) is 0.689. The number of hydrogen-bond acceptors (Lipinski definition) is 14. The first-order valence-electron chi connectivity index (χ1n) is 22.3. The number of ether oxygens (including phenoxy) is 2. The lowest BCUT2D eigenvalue weighted by Gasteiger charge is -2.38. The van der Waals surface area contributed by atoms with Gasteiger partial charge in [0.1, 0.15) is 62.4 Å². The van der Waals surface area contributed by atoms with Crippen LogP contribution in [0, 0.1) is 47.3 Å². The Hall–Kier alpha value is -3.14. The van der Waals surface area contributed by atoms with Gasteiger partial charge in [-0.15, -0.1) is 0 Å². The number of nitrogens with zero attached hydrogens (tertiary/aromatic N) is 8. The van der Waals surface area contributed by atoms with E-state index in [-0.39, 0.29) is 17.5 Å². The molecule has 63 heavy (non-hydrogen) atoms. The van der Waals surface area contributed by atoms with Crippen LogP contribution in [0.2, 0.25) is 20.6 Å². The summed E-state index contributed by atoms with van der Waals surface area (Å²) in [6.07, 6.45) is 12.9. The van der Waals surface area contributed by atoms with Crippen LogP contribution in [0.1, 0.15) is 92.9 Å². The second kappa shape index (κ2) is 21.9. The van der Waals surface area contributed by atoms with Gasteiger partial charge in [0, 0.05) is 63.3 Å². The number of rotatable bonds is 6. The molecular formula is C45H64Cl4N10O4. The average Bonchev–Trinajstić information content (AvgIpc) is 3.61. The number of piperidine rings is 3. The van der Waals surface area contributed by atoms with Gasteiger partial charge in [-0.25, -0.2) is 29.9 Å². The number of hydrogen-bond donors (Lipinski definition) is 2. The molecule has 3 aromatic heterocycles. The molecule has 0 spiro atoms. The lowest BCUT2D eigenvalue weighted by atomic mass is 9.82. The summed E-state index contributed by atoms with van der Waals surface area (Å²) in [5.74, 6) is 6.41. The van der Waals surface area contributed by atoms with Gasteiger partial charge in [-0.05, 0) is 141 Å². The molecule has 3 saturated carbocycles. The number of aromatic nitrogens is 6. The van der Waals surface area contributed by atoms with Gasteiger partial charge < -0.3 is 30.3 Å². The first-order chi connectivity index (χ1) is 29.8. The van der Waals surface area contributed by atoms with Crippen molar-refractivity contribution in [2.75, 3.05) is 49.1 Å². The summed E-state index contributed by atoms with van der Waals surface area (Å²) in [6, 6.07) is 5.50. The molecule has 3 unspecified atom stereocenters. The molecule has 3 N–H and O–H groups in total. The molecule has 3 aliphatic carbocycles. The zero-order chi connectivity index (χ0) is 45.5. The number of nitrogens with two attached hydrogens (primary N) is 1. The number of fused-ring (bicyclic) bond motifs is 6. The smallest absolute Gasteiger partial charge is 0.306 e. The number of esters is 2. The van der Waals surface area contributed by atoms with Gasteiger partial charge in [0.05, 0.1) is 0 Å². The molecule has 0 radical (unpaired) electrons. The Kier molecular flexibility index (Phi) is 17.1. The molecule has 3 saturated heterocycles. The van der Waals surface area contributed by atoms with Crippen LogP contribution in [0.25, 0.3) is 0 Å². The molecule has 18 heteroatoms. The van der Waals surface area contributed by atoms with E-state index in [0.29, 0.717) is 86.8 Å². The predicted molar refractivity (Wildman–Crippen MR) is 248 cm³/mol.